The minimum absolute atomic E-state index is 0.0187. The van der Waals surface area contributed by atoms with E-state index < -0.39 is 26.6 Å². The number of rotatable bonds is 6. The van der Waals surface area contributed by atoms with Gasteiger partial charge in [-0.3, -0.25) is 0 Å². The fraction of sp³-hybridized carbons (Fsp3) is 0.538. The van der Waals surface area contributed by atoms with Crippen molar-refractivity contribution in [3.8, 4) is 0 Å². The van der Waals surface area contributed by atoms with Gasteiger partial charge in [-0.15, -0.1) is 0 Å². The summed E-state index contributed by atoms with van der Waals surface area (Å²) in [7, 11) is -4.11. The van der Waals surface area contributed by atoms with Gasteiger partial charge in [0.1, 0.15) is 16.5 Å². The van der Waals surface area contributed by atoms with Gasteiger partial charge in [-0.25, -0.2) is 17.2 Å². The van der Waals surface area contributed by atoms with Crippen molar-refractivity contribution < 1.29 is 22.3 Å². The number of benzene rings is 1. The number of nitrogens with one attached hydrogen (secondary N) is 1. The van der Waals surface area contributed by atoms with Gasteiger partial charge in [0.25, 0.3) is 0 Å². The Morgan fingerprint density at radius 2 is 2.14 bits per heavy atom. The lowest BCUT2D eigenvalue weighted by Gasteiger charge is -2.24. The smallest absolute Gasteiger partial charge is 0.246 e. The monoisotopic (exact) mass is 320 g/mol. The second-order valence-corrected chi connectivity index (χ2v) is 6.86. The van der Waals surface area contributed by atoms with Crippen LogP contribution in [0, 0.1) is 11.6 Å². The van der Waals surface area contributed by atoms with E-state index in [2.05, 4.69) is 5.32 Å². The van der Waals surface area contributed by atoms with Gasteiger partial charge in [0.2, 0.25) is 10.0 Å². The van der Waals surface area contributed by atoms with Crippen LogP contribution in [0.15, 0.2) is 23.1 Å². The lowest BCUT2D eigenvalue weighted by Crippen LogP contribution is -2.42. The zero-order chi connectivity index (χ0) is 15.5. The van der Waals surface area contributed by atoms with Crippen LogP contribution in [0.2, 0.25) is 0 Å². The highest BCUT2D eigenvalue weighted by Gasteiger charge is 2.30. The quantitative estimate of drug-likeness (QED) is 0.809. The number of hydrogen-bond acceptors (Lipinski definition) is 4. The van der Waals surface area contributed by atoms with Gasteiger partial charge in [0, 0.05) is 25.2 Å². The molecule has 0 spiro atoms. The maximum Gasteiger partial charge on any atom is 0.246 e. The summed E-state index contributed by atoms with van der Waals surface area (Å²) in [4.78, 5) is -0.574. The van der Waals surface area contributed by atoms with Gasteiger partial charge in [0.05, 0.1) is 6.61 Å². The molecule has 0 aromatic heterocycles. The van der Waals surface area contributed by atoms with Crippen LogP contribution in [0.5, 0.6) is 0 Å². The fourth-order valence-electron chi connectivity index (χ4n) is 2.40. The molecule has 1 aliphatic heterocycles. The third-order valence-electron chi connectivity index (χ3n) is 3.45. The summed E-state index contributed by atoms with van der Waals surface area (Å²) in [6.45, 7) is 0.467. The fourth-order valence-corrected chi connectivity index (χ4v) is 3.92. The van der Waals surface area contributed by atoms with E-state index in [1.54, 1.807) is 0 Å². The molecule has 0 bridgehead atoms. The Kier molecular flexibility index (Phi) is 5.26. The number of halogens is 2. The molecule has 1 fully saturated rings. The van der Waals surface area contributed by atoms with Crippen LogP contribution < -0.4 is 5.32 Å². The molecule has 0 aliphatic carbocycles. The normalized spacial score (nSPS) is 19.3. The van der Waals surface area contributed by atoms with Crippen LogP contribution in [-0.4, -0.2) is 50.1 Å². The van der Waals surface area contributed by atoms with Crippen LogP contribution in [0.3, 0.4) is 0 Å². The van der Waals surface area contributed by atoms with Gasteiger partial charge in [-0.05, 0) is 31.5 Å². The molecule has 1 saturated heterocycles. The SMILES string of the molecule is O=S(=O)(c1ccc(F)cc1F)N(CCO)CC1CCCN1. The summed E-state index contributed by atoms with van der Waals surface area (Å²) in [5, 5.41) is 12.2. The molecule has 8 heteroatoms. The third-order valence-corrected chi connectivity index (χ3v) is 5.35. The summed E-state index contributed by atoms with van der Waals surface area (Å²) in [6.07, 6.45) is 1.77. The van der Waals surface area contributed by atoms with E-state index in [0.717, 1.165) is 35.8 Å². The van der Waals surface area contributed by atoms with Gasteiger partial charge >= 0.3 is 0 Å². The van der Waals surface area contributed by atoms with E-state index in [1.165, 1.54) is 0 Å². The zero-order valence-corrected chi connectivity index (χ0v) is 12.2. The Morgan fingerprint density at radius 1 is 1.38 bits per heavy atom. The largest absolute Gasteiger partial charge is 0.395 e. The van der Waals surface area contributed by atoms with Crippen molar-refractivity contribution in [3.63, 3.8) is 0 Å². The van der Waals surface area contributed by atoms with Crippen LogP contribution >= 0.6 is 0 Å². The molecule has 2 rings (SSSR count). The molecule has 2 N–H and O–H groups in total. The molecule has 5 nitrogen and oxygen atoms in total. The Morgan fingerprint density at radius 3 is 2.71 bits per heavy atom. The highest BCUT2D eigenvalue weighted by molar-refractivity contribution is 7.89. The Labute approximate surface area is 122 Å². The summed E-state index contributed by atoms with van der Waals surface area (Å²) in [6, 6.07) is 2.33. The number of hydrogen-bond donors (Lipinski definition) is 2. The van der Waals surface area contributed by atoms with Crippen LogP contribution in [0.4, 0.5) is 8.78 Å². The van der Waals surface area contributed by atoms with Crippen molar-refractivity contribution in [3.05, 3.63) is 29.8 Å². The van der Waals surface area contributed by atoms with Crippen LogP contribution in [-0.2, 0) is 10.0 Å². The van der Waals surface area contributed by atoms with E-state index in [0.29, 0.717) is 6.07 Å². The predicted octanol–water partition coefficient (Wildman–Crippen LogP) is 0.700. The standard InChI is InChI=1S/C13H18F2N2O3S/c14-10-3-4-13(12(15)8-10)21(19,20)17(6-7-18)9-11-2-1-5-16-11/h3-4,8,11,16,18H,1-2,5-7,9H2. The molecule has 1 aromatic carbocycles. The summed E-state index contributed by atoms with van der Waals surface area (Å²) < 4.78 is 52.6. The van der Waals surface area contributed by atoms with E-state index in [-0.39, 0.29) is 25.7 Å². The van der Waals surface area contributed by atoms with Gasteiger partial charge in [-0.1, -0.05) is 0 Å². The van der Waals surface area contributed by atoms with Crippen molar-refractivity contribution in [2.75, 3.05) is 26.2 Å². The molecule has 0 amide bonds. The first-order valence-electron chi connectivity index (χ1n) is 6.74. The minimum atomic E-state index is -4.11. The highest BCUT2D eigenvalue weighted by Crippen LogP contribution is 2.21. The highest BCUT2D eigenvalue weighted by atomic mass is 32.2. The molecular weight excluding hydrogens is 302 g/mol. The Balaban J connectivity index is 2.27. The molecule has 1 aromatic rings. The predicted molar refractivity (Wildman–Crippen MR) is 73.2 cm³/mol. The van der Waals surface area contributed by atoms with E-state index in [9.17, 15) is 17.2 Å². The number of aliphatic hydroxyl groups excluding tert-OH is 1. The minimum Gasteiger partial charge on any atom is -0.395 e. The topological polar surface area (TPSA) is 69.6 Å². The average molecular weight is 320 g/mol. The second-order valence-electron chi connectivity index (χ2n) is 4.95. The summed E-state index contributed by atoms with van der Waals surface area (Å²) >= 11 is 0. The zero-order valence-electron chi connectivity index (χ0n) is 11.4. The van der Waals surface area contributed by atoms with E-state index >= 15 is 0 Å². The molecule has 21 heavy (non-hydrogen) atoms. The van der Waals surface area contributed by atoms with Crippen molar-refractivity contribution in [2.45, 2.75) is 23.8 Å². The first-order chi connectivity index (χ1) is 9.95. The second kappa shape index (κ2) is 6.78. The summed E-state index contributed by atoms with van der Waals surface area (Å²) in [5.74, 6) is -1.96. The first kappa shape index (κ1) is 16.3. The number of aliphatic hydroxyl groups is 1. The molecule has 0 radical (unpaired) electrons. The lowest BCUT2D eigenvalue weighted by atomic mass is 10.2. The first-order valence-corrected chi connectivity index (χ1v) is 8.18. The van der Waals surface area contributed by atoms with E-state index in [1.807, 2.05) is 0 Å². The van der Waals surface area contributed by atoms with E-state index in [4.69, 9.17) is 5.11 Å². The van der Waals surface area contributed by atoms with Crippen molar-refractivity contribution in [2.24, 2.45) is 0 Å². The van der Waals surface area contributed by atoms with Crippen molar-refractivity contribution >= 4 is 10.0 Å². The van der Waals surface area contributed by atoms with Gasteiger partial charge < -0.3 is 10.4 Å². The van der Waals surface area contributed by atoms with Crippen LogP contribution in [0.25, 0.3) is 0 Å². The van der Waals surface area contributed by atoms with Gasteiger partial charge in [0.15, 0.2) is 0 Å². The molecular formula is C13H18F2N2O3S. The Bertz CT molecular complexity index is 589. The third kappa shape index (κ3) is 3.76. The molecule has 1 heterocycles. The molecule has 1 unspecified atom stereocenters. The number of nitrogens with zero attached hydrogens (tertiary/aromatic N) is 1. The maximum absolute atomic E-state index is 13.7. The number of sulfonamides is 1. The van der Waals surface area contributed by atoms with Crippen LogP contribution in [0.1, 0.15) is 12.8 Å². The maximum atomic E-state index is 13.7. The molecule has 118 valence electrons. The van der Waals surface area contributed by atoms with Crippen molar-refractivity contribution in [1.82, 2.24) is 9.62 Å². The molecule has 1 atom stereocenters. The summed E-state index contributed by atoms with van der Waals surface area (Å²) in [5.41, 5.74) is 0. The average Bonchev–Trinajstić information content (AvgIpc) is 2.90. The Hall–Kier alpha value is -1.09. The lowest BCUT2D eigenvalue weighted by molar-refractivity contribution is 0.246. The molecule has 1 aliphatic rings. The van der Waals surface area contributed by atoms with Crippen molar-refractivity contribution in [1.29, 1.82) is 0 Å². The van der Waals surface area contributed by atoms with Gasteiger partial charge in [-0.2, -0.15) is 4.31 Å². The molecule has 0 saturated carbocycles.